The Bertz CT molecular complexity index is 1170. The molecule has 2 amide bonds. The number of carbonyl (C=O) groups excluding carboxylic acids is 3. The van der Waals surface area contributed by atoms with E-state index in [4.69, 9.17) is 4.74 Å². The van der Waals surface area contributed by atoms with E-state index in [0.29, 0.717) is 29.8 Å². The number of para-hydroxylation sites is 2. The van der Waals surface area contributed by atoms with Crippen molar-refractivity contribution < 1.29 is 19.1 Å². The first-order valence-corrected chi connectivity index (χ1v) is 10.4. The van der Waals surface area contributed by atoms with Gasteiger partial charge in [-0.3, -0.25) is 14.5 Å². The highest BCUT2D eigenvalue weighted by Crippen LogP contribution is 2.45. The molecule has 2 heterocycles. The van der Waals surface area contributed by atoms with Crippen molar-refractivity contribution >= 4 is 29.2 Å². The second-order valence-electron chi connectivity index (χ2n) is 7.90. The number of hydrogen-bond donors (Lipinski definition) is 1. The fraction of sp³-hybridized carbons (Fsp3) is 0.261. The van der Waals surface area contributed by atoms with Crippen LogP contribution in [0.4, 0.5) is 11.4 Å². The Balaban J connectivity index is 1.33. The Kier molecular flexibility index (Phi) is 4.93. The second kappa shape index (κ2) is 7.92. The second-order valence-corrected chi connectivity index (χ2v) is 7.90. The minimum atomic E-state index is -0.933. The average Bonchev–Trinajstić information content (AvgIpc) is 3.52. The third-order valence-corrected chi connectivity index (χ3v) is 6.04. The lowest BCUT2D eigenvalue weighted by Crippen LogP contribution is -2.61. The molecule has 0 bridgehead atoms. The van der Waals surface area contributed by atoms with E-state index in [9.17, 15) is 14.4 Å². The molecule has 1 saturated carbocycles. The van der Waals surface area contributed by atoms with Gasteiger partial charge in [-0.2, -0.15) is 5.10 Å². The Hall–Kier alpha value is -4.01. The van der Waals surface area contributed by atoms with Gasteiger partial charge in [-0.1, -0.05) is 25.0 Å². The molecule has 9 heteroatoms. The van der Waals surface area contributed by atoms with Crippen molar-refractivity contribution in [3.63, 3.8) is 0 Å². The number of ether oxygens (including phenoxy) is 1. The van der Waals surface area contributed by atoms with Crippen LogP contribution in [0.15, 0.2) is 61.2 Å². The highest BCUT2D eigenvalue weighted by atomic mass is 16.5. The molecule has 9 nitrogen and oxygen atoms in total. The molecule has 0 atom stereocenters. The number of anilines is 2. The Morgan fingerprint density at radius 2 is 1.81 bits per heavy atom. The first kappa shape index (κ1) is 19.9. The average molecular weight is 431 g/mol. The van der Waals surface area contributed by atoms with Crippen molar-refractivity contribution in [3.8, 4) is 5.69 Å². The van der Waals surface area contributed by atoms with Crippen molar-refractivity contribution in [1.29, 1.82) is 0 Å². The number of nitrogens with one attached hydrogen (secondary N) is 1. The molecule has 1 fully saturated rings. The lowest BCUT2D eigenvalue weighted by Gasteiger charge is -2.44. The summed E-state index contributed by atoms with van der Waals surface area (Å²) in [5.74, 6) is -1.21. The van der Waals surface area contributed by atoms with Crippen LogP contribution in [0.3, 0.4) is 0 Å². The predicted molar refractivity (Wildman–Crippen MR) is 115 cm³/mol. The molecule has 5 rings (SSSR count). The standard InChI is InChI=1S/C23H21N5O4/c29-20(13-32-21(30)16-7-9-17(10-8-16)27-15-24-14-25-27)28-19-6-2-1-5-18(19)26-22(31)23(28)11-3-4-12-23/h1-2,5-10,14-15H,3-4,11-13H2,(H,26,31). The van der Waals surface area contributed by atoms with Gasteiger partial charge in [0.1, 0.15) is 18.2 Å². The molecular weight excluding hydrogens is 410 g/mol. The molecule has 162 valence electrons. The Labute approximate surface area is 184 Å². The van der Waals surface area contributed by atoms with Crippen LogP contribution in [-0.4, -0.2) is 44.7 Å². The van der Waals surface area contributed by atoms with E-state index < -0.39 is 24.0 Å². The van der Waals surface area contributed by atoms with Crippen molar-refractivity contribution in [2.45, 2.75) is 31.2 Å². The lowest BCUT2D eigenvalue weighted by atomic mass is 9.90. The maximum absolute atomic E-state index is 13.3. The van der Waals surface area contributed by atoms with Gasteiger partial charge in [-0.15, -0.1) is 0 Å². The largest absolute Gasteiger partial charge is 0.452 e. The summed E-state index contributed by atoms with van der Waals surface area (Å²) < 4.78 is 6.90. The van der Waals surface area contributed by atoms with E-state index in [2.05, 4.69) is 15.4 Å². The van der Waals surface area contributed by atoms with Crippen LogP contribution in [0.2, 0.25) is 0 Å². The number of fused-ring (bicyclic) bond motifs is 1. The topological polar surface area (TPSA) is 106 Å². The van der Waals surface area contributed by atoms with Gasteiger partial charge in [-0.25, -0.2) is 14.5 Å². The predicted octanol–water partition coefficient (Wildman–Crippen LogP) is 2.72. The summed E-state index contributed by atoms with van der Waals surface area (Å²) in [4.78, 5) is 44.2. The first-order chi connectivity index (χ1) is 15.6. The zero-order chi connectivity index (χ0) is 22.1. The van der Waals surface area contributed by atoms with Crippen LogP contribution >= 0.6 is 0 Å². The van der Waals surface area contributed by atoms with Gasteiger partial charge in [0, 0.05) is 0 Å². The molecule has 1 spiro atoms. The molecule has 1 aromatic heterocycles. The molecule has 3 aromatic rings. The van der Waals surface area contributed by atoms with Gasteiger partial charge in [0.15, 0.2) is 6.61 Å². The zero-order valence-electron chi connectivity index (χ0n) is 17.2. The summed E-state index contributed by atoms with van der Waals surface area (Å²) >= 11 is 0. The summed E-state index contributed by atoms with van der Waals surface area (Å²) in [7, 11) is 0. The SMILES string of the molecule is O=C(OCC(=O)N1c2ccccc2NC(=O)C12CCCC2)c1ccc(-n2cncn2)cc1. The van der Waals surface area contributed by atoms with E-state index in [-0.39, 0.29) is 5.91 Å². The fourth-order valence-corrected chi connectivity index (χ4v) is 4.50. The van der Waals surface area contributed by atoms with Gasteiger partial charge >= 0.3 is 5.97 Å². The van der Waals surface area contributed by atoms with E-state index >= 15 is 0 Å². The number of benzene rings is 2. The van der Waals surface area contributed by atoms with Gasteiger partial charge in [0.25, 0.3) is 11.8 Å². The number of aromatic nitrogens is 3. The van der Waals surface area contributed by atoms with Crippen LogP contribution in [-0.2, 0) is 14.3 Å². The summed E-state index contributed by atoms with van der Waals surface area (Å²) in [6, 6.07) is 13.8. The van der Waals surface area contributed by atoms with E-state index in [1.807, 2.05) is 6.07 Å². The first-order valence-electron chi connectivity index (χ1n) is 10.4. The highest BCUT2D eigenvalue weighted by molar-refractivity contribution is 6.15. The van der Waals surface area contributed by atoms with Crippen molar-refractivity contribution in [1.82, 2.24) is 14.8 Å². The Morgan fingerprint density at radius 3 is 2.53 bits per heavy atom. The van der Waals surface area contributed by atoms with Gasteiger partial charge < -0.3 is 10.1 Å². The molecular formula is C23H21N5O4. The summed E-state index contributed by atoms with van der Waals surface area (Å²) in [6.07, 6.45) is 5.85. The third-order valence-electron chi connectivity index (χ3n) is 6.04. The molecule has 0 unspecified atom stereocenters. The minimum absolute atomic E-state index is 0.183. The quantitative estimate of drug-likeness (QED) is 0.637. The number of rotatable bonds is 4. The minimum Gasteiger partial charge on any atom is -0.452 e. The van der Waals surface area contributed by atoms with E-state index in [1.165, 1.54) is 11.2 Å². The number of nitrogens with zero attached hydrogens (tertiary/aromatic N) is 4. The molecule has 1 aliphatic carbocycles. The van der Waals surface area contributed by atoms with Crippen LogP contribution in [0.1, 0.15) is 36.0 Å². The smallest absolute Gasteiger partial charge is 0.338 e. The van der Waals surface area contributed by atoms with Crippen molar-refractivity contribution in [2.24, 2.45) is 0 Å². The molecule has 1 aliphatic heterocycles. The molecule has 32 heavy (non-hydrogen) atoms. The molecule has 2 aromatic carbocycles. The molecule has 0 radical (unpaired) electrons. The number of esters is 1. The Morgan fingerprint density at radius 1 is 1.06 bits per heavy atom. The fourth-order valence-electron chi connectivity index (χ4n) is 4.50. The third kappa shape index (κ3) is 3.31. The summed E-state index contributed by atoms with van der Waals surface area (Å²) in [5.41, 5.74) is 1.34. The molecule has 2 aliphatic rings. The number of hydrogen-bond acceptors (Lipinski definition) is 6. The number of amides is 2. The van der Waals surface area contributed by atoms with Crippen LogP contribution < -0.4 is 10.2 Å². The van der Waals surface area contributed by atoms with Crippen LogP contribution in [0, 0.1) is 0 Å². The van der Waals surface area contributed by atoms with E-state index in [0.717, 1.165) is 18.5 Å². The van der Waals surface area contributed by atoms with Crippen LogP contribution in [0.25, 0.3) is 5.69 Å². The van der Waals surface area contributed by atoms with Gasteiger partial charge in [0.2, 0.25) is 0 Å². The maximum atomic E-state index is 13.3. The molecule has 0 saturated heterocycles. The highest BCUT2D eigenvalue weighted by Gasteiger charge is 2.52. The maximum Gasteiger partial charge on any atom is 0.338 e. The summed E-state index contributed by atoms with van der Waals surface area (Å²) in [5, 5.41) is 6.97. The van der Waals surface area contributed by atoms with Crippen molar-refractivity contribution in [3.05, 3.63) is 66.7 Å². The lowest BCUT2D eigenvalue weighted by molar-refractivity contribution is -0.129. The van der Waals surface area contributed by atoms with Crippen LogP contribution in [0.5, 0.6) is 0 Å². The van der Waals surface area contributed by atoms with Gasteiger partial charge in [0.05, 0.1) is 22.6 Å². The monoisotopic (exact) mass is 431 g/mol. The zero-order valence-corrected chi connectivity index (χ0v) is 17.2. The van der Waals surface area contributed by atoms with E-state index in [1.54, 1.807) is 53.5 Å². The van der Waals surface area contributed by atoms with Crippen molar-refractivity contribution in [2.75, 3.05) is 16.8 Å². The summed E-state index contributed by atoms with van der Waals surface area (Å²) in [6.45, 7) is -0.451. The number of carbonyl (C=O) groups is 3. The van der Waals surface area contributed by atoms with Gasteiger partial charge in [-0.05, 0) is 49.2 Å². The molecule has 1 N–H and O–H groups in total. The normalized spacial score (nSPS) is 16.5.